The van der Waals surface area contributed by atoms with Crippen LogP contribution in [0.5, 0.6) is 0 Å². The molecule has 5 atom stereocenters. The zero-order valence-corrected chi connectivity index (χ0v) is 5.71. The molecular formula is C6H10O5. The SMILES string of the molecule is OC1C2OC[C@@H](O)C1(O)[C@H]2O. The van der Waals surface area contributed by atoms with Crippen molar-refractivity contribution in [2.45, 2.75) is 30.0 Å². The zero-order chi connectivity index (χ0) is 8.22. The summed E-state index contributed by atoms with van der Waals surface area (Å²) in [4.78, 5) is 0. The molecule has 2 saturated heterocycles. The first-order valence-electron chi connectivity index (χ1n) is 3.46. The van der Waals surface area contributed by atoms with Gasteiger partial charge in [0.2, 0.25) is 0 Å². The summed E-state index contributed by atoms with van der Waals surface area (Å²) in [7, 11) is 0. The van der Waals surface area contributed by atoms with E-state index in [0.29, 0.717) is 0 Å². The Hall–Kier alpha value is -0.200. The maximum Gasteiger partial charge on any atom is 0.149 e. The Morgan fingerprint density at radius 2 is 1.73 bits per heavy atom. The molecular weight excluding hydrogens is 152 g/mol. The lowest BCUT2D eigenvalue weighted by molar-refractivity contribution is -0.367. The van der Waals surface area contributed by atoms with Crippen LogP contribution in [0, 0.1) is 0 Å². The lowest BCUT2D eigenvalue weighted by Gasteiger charge is -2.58. The average molecular weight is 162 g/mol. The van der Waals surface area contributed by atoms with Crippen LogP contribution in [-0.2, 0) is 4.74 Å². The monoisotopic (exact) mass is 162 g/mol. The lowest BCUT2D eigenvalue weighted by Crippen LogP contribution is -2.82. The Labute approximate surface area is 62.8 Å². The Kier molecular flexibility index (Phi) is 1.31. The molecule has 11 heavy (non-hydrogen) atoms. The molecule has 3 fully saturated rings. The second-order valence-electron chi connectivity index (χ2n) is 3.09. The van der Waals surface area contributed by atoms with Crippen molar-refractivity contribution in [2.75, 3.05) is 6.61 Å². The summed E-state index contributed by atoms with van der Waals surface area (Å²) in [5.41, 5.74) is -1.76. The molecule has 3 rings (SSSR count). The first-order valence-corrected chi connectivity index (χ1v) is 3.46. The van der Waals surface area contributed by atoms with Crippen molar-refractivity contribution >= 4 is 0 Å². The second kappa shape index (κ2) is 1.94. The number of aliphatic hydroxyl groups excluding tert-OH is 3. The van der Waals surface area contributed by atoms with Gasteiger partial charge in [0.05, 0.1) is 6.61 Å². The third-order valence-corrected chi connectivity index (χ3v) is 2.55. The van der Waals surface area contributed by atoms with Gasteiger partial charge in [-0.2, -0.15) is 0 Å². The summed E-state index contributed by atoms with van der Waals surface area (Å²) >= 11 is 0. The van der Waals surface area contributed by atoms with E-state index in [1.54, 1.807) is 0 Å². The minimum absolute atomic E-state index is 0.0325. The van der Waals surface area contributed by atoms with E-state index in [1.807, 2.05) is 0 Å². The van der Waals surface area contributed by atoms with Gasteiger partial charge in [-0.25, -0.2) is 0 Å². The molecule has 0 amide bonds. The Morgan fingerprint density at radius 3 is 2.09 bits per heavy atom. The Morgan fingerprint density at radius 1 is 1.18 bits per heavy atom. The predicted octanol–water partition coefficient (Wildman–Crippen LogP) is -2.79. The Bertz CT molecular complexity index is 164. The molecule has 64 valence electrons. The van der Waals surface area contributed by atoms with Gasteiger partial charge in [-0.05, 0) is 0 Å². The summed E-state index contributed by atoms with van der Waals surface area (Å²) < 4.78 is 4.84. The summed E-state index contributed by atoms with van der Waals surface area (Å²) in [6, 6.07) is 0. The molecule has 1 aliphatic carbocycles. The van der Waals surface area contributed by atoms with Crippen LogP contribution in [0.25, 0.3) is 0 Å². The van der Waals surface area contributed by atoms with Gasteiger partial charge in [0.15, 0.2) is 0 Å². The van der Waals surface area contributed by atoms with E-state index in [0.717, 1.165) is 0 Å². The van der Waals surface area contributed by atoms with E-state index in [-0.39, 0.29) is 6.61 Å². The highest BCUT2D eigenvalue weighted by molar-refractivity contribution is 5.18. The molecule has 2 bridgehead atoms. The molecule has 5 nitrogen and oxygen atoms in total. The Balaban J connectivity index is 2.25. The number of rotatable bonds is 0. The van der Waals surface area contributed by atoms with E-state index in [4.69, 9.17) is 20.1 Å². The van der Waals surface area contributed by atoms with Crippen molar-refractivity contribution in [3.63, 3.8) is 0 Å². The van der Waals surface area contributed by atoms with E-state index in [2.05, 4.69) is 0 Å². The zero-order valence-electron chi connectivity index (χ0n) is 5.71. The molecule has 3 unspecified atom stereocenters. The summed E-state index contributed by atoms with van der Waals surface area (Å²) in [6.07, 6.45) is -4.26. The fourth-order valence-corrected chi connectivity index (χ4v) is 1.67. The highest BCUT2D eigenvalue weighted by atomic mass is 16.6. The van der Waals surface area contributed by atoms with Crippen molar-refractivity contribution in [2.24, 2.45) is 0 Å². The van der Waals surface area contributed by atoms with Crippen LogP contribution < -0.4 is 0 Å². The number of fused-ring (bicyclic) bond motifs is 2. The van der Waals surface area contributed by atoms with E-state index in [1.165, 1.54) is 0 Å². The smallest absolute Gasteiger partial charge is 0.149 e. The predicted molar refractivity (Wildman–Crippen MR) is 32.7 cm³/mol. The summed E-state index contributed by atoms with van der Waals surface area (Å²) in [6.45, 7) is -0.0325. The van der Waals surface area contributed by atoms with Gasteiger partial charge in [0.1, 0.15) is 30.0 Å². The van der Waals surface area contributed by atoms with Crippen molar-refractivity contribution in [1.29, 1.82) is 0 Å². The standard InChI is InChI=1S/C6H10O5/c7-2-1-11-3-4(8)6(2,10)5(3)9/h2-5,7-10H,1H2/t2-,3?,4+,5?,6?/m1/s1. The van der Waals surface area contributed by atoms with Gasteiger partial charge < -0.3 is 25.2 Å². The first kappa shape index (κ1) is 7.45. The maximum atomic E-state index is 9.42. The molecule has 2 aliphatic heterocycles. The molecule has 0 aromatic rings. The van der Waals surface area contributed by atoms with Crippen LogP contribution in [0.2, 0.25) is 0 Å². The van der Waals surface area contributed by atoms with E-state index in [9.17, 15) is 5.11 Å². The second-order valence-corrected chi connectivity index (χ2v) is 3.09. The molecule has 0 aromatic carbocycles. The lowest BCUT2D eigenvalue weighted by atomic mass is 9.66. The van der Waals surface area contributed by atoms with Crippen LogP contribution in [0.4, 0.5) is 0 Å². The van der Waals surface area contributed by atoms with Gasteiger partial charge >= 0.3 is 0 Å². The maximum absolute atomic E-state index is 9.42. The fraction of sp³-hybridized carbons (Fsp3) is 1.00. The van der Waals surface area contributed by atoms with Crippen molar-refractivity contribution < 1.29 is 25.2 Å². The van der Waals surface area contributed by atoms with Crippen LogP contribution >= 0.6 is 0 Å². The van der Waals surface area contributed by atoms with Crippen LogP contribution in [-0.4, -0.2) is 57.0 Å². The molecule has 0 radical (unpaired) electrons. The third kappa shape index (κ3) is 0.629. The van der Waals surface area contributed by atoms with Crippen LogP contribution in [0.1, 0.15) is 0 Å². The van der Waals surface area contributed by atoms with Crippen molar-refractivity contribution in [1.82, 2.24) is 0 Å². The van der Waals surface area contributed by atoms with E-state index < -0.39 is 30.0 Å². The van der Waals surface area contributed by atoms with Crippen LogP contribution in [0.15, 0.2) is 0 Å². The normalized spacial score (nSPS) is 62.2. The molecule has 4 N–H and O–H groups in total. The summed E-state index contributed by atoms with van der Waals surface area (Å²) in [5.74, 6) is 0. The van der Waals surface area contributed by atoms with Crippen LogP contribution in [0.3, 0.4) is 0 Å². The number of hydrogen-bond acceptors (Lipinski definition) is 5. The van der Waals surface area contributed by atoms with Gasteiger partial charge in [-0.1, -0.05) is 0 Å². The fourth-order valence-electron chi connectivity index (χ4n) is 1.67. The van der Waals surface area contributed by atoms with E-state index >= 15 is 0 Å². The minimum Gasteiger partial charge on any atom is -0.387 e. The van der Waals surface area contributed by atoms with Crippen molar-refractivity contribution in [3.05, 3.63) is 0 Å². The molecule has 0 spiro atoms. The average Bonchev–Trinajstić information content (AvgIpc) is 2.00. The largest absolute Gasteiger partial charge is 0.387 e. The highest BCUT2D eigenvalue weighted by Crippen LogP contribution is 2.42. The molecule has 0 aromatic heterocycles. The minimum atomic E-state index is -1.76. The number of hydrogen-bond donors (Lipinski definition) is 4. The molecule has 1 saturated carbocycles. The van der Waals surface area contributed by atoms with Crippen molar-refractivity contribution in [3.8, 4) is 0 Å². The van der Waals surface area contributed by atoms with Gasteiger partial charge in [-0.3, -0.25) is 0 Å². The topological polar surface area (TPSA) is 90.2 Å². The molecule has 2 heterocycles. The number of aliphatic hydroxyl groups is 4. The quantitative estimate of drug-likeness (QED) is 0.309. The molecule has 5 heteroatoms. The van der Waals surface area contributed by atoms with Gasteiger partial charge in [-0.15, -0.1) is 0 Å². The highest BCUT2D eigenvalue weighted by Gasteiger charge is 2.68. The first-order chi connectivity index (χ1) is 5.08. The van der Waals surface area contributed by atoms with Gasteiger partial charge in [0.25, 0.3) is 0 Å². The summed E-state index contributed by atoms with van der Waals surface area (Å²) in [5, 5.41) is 36.8. The molecule has 3 aliphatic rings. The van der Waals surface area contributed by atoms with Gasteiger partial charge in [0, 0.05) is 0 Å². The number of ether oxygens (including phenoxy) is 1. The third-order valence-electron chi connectivity index (χ3n) is 2.55.